The second-order valence-electron chi connectivity index (χ2n) is 3.96. The van der Waals surface area contributed by atoms with Crippen LogP contribution in [0.4, 0.5) is 5.69 Å². The second kappa shape index (κ2) is 4.18. The molecule has 17 heavy (non-hydrogen) atoms. The number of oxazole rings is 1. The molecular weight excluding hydrogens is 220 g/mol. The van der Waals surface area contributed by atoms with E-state index in [1.54, 1.807) is 32.2 Å². The number of amides is 1. The lowest BCUT2D eigenvalue weighted by molar-refractivity contribution is -0.125. The highest BCUT2D eigenvalue weighted by molar-refractivity contribution is 5.97. The highest BCUT2D eigenvalue weighted by Gasteiger charge is 2.17. The van der Waals surface area contributed by atoms with Crippen molar-refractivity contribution in [3.05, 3.63) is 24.1 Å². The number of nitrogens with zero attached hydrogens (tertiary/aromatic N) is 2. The number of fused-ring (bicyclic) bond motifs is 1. The van der Waals surface area contributed by atoms with Gasteiger partial charge in [-0.25, -0.2) is 4.98 Å². The first-order valence-corrected chi connectivity index (χ1v) is 5.32. The van der Waals surface area contributed by atoms with E-state index in [1.807, 2.05) is 0 Å². The van der Waals surface area contributed by atoms with Gasteiger partial charge < -0.3 is 14.4 Å². The molecule has 0 aliphatic rings. The van der Waals surface area contributed by atoms with Gasteiger partial charge in [0.05, 0.1) is 0 Å². The third-order valence-corrected chi connectivity index (χ3v) is 2.55. The molecule has 1 amide bonds. The van der Waals surface area contributed by atoms with E-state index in [1.165, 1.54) is 11.8 Å². The number of aliphatic hydroxyl groups is 1. The minimum atomic E-state index is -1.02. The van der Waals surface area contributed by atoms with Gasteiger partial charge in [-0.2, -0.15) is 0 Å². The molecule has 1 unspecified atom stereocenters. The first-order chi connectivity index (χ1) is 7.99. The topological polar surface area (TPSA) is 66.6 Å². The fourth-order valence-corrected chi connectivity index (χ4v) is 1.64. The van der Waals surface area contributed by atoms with Gasteiger partial charge in [-0.3, -0.25) is 4.79 Å². The van der Waals surface area contributed by atoms with E-state index < -0.39 is 6.10 Å². The van der Waals surface area contributed by atoms with Gasteiger partial charge in [0.25, 0.3) is 5.91 Å². The van der Waals surface area contributed by atoms with Crippen LogP contribution >= 0.6 is 0 Å². The molecule has 1 aromatic carbocycles. The molecular formula is C12H14N2O3. The summed E-state index contributed by atoms with van der Waals surface area (Å²) < 4.78 is 5.39. The maximum Gasteiger partial charge on any atom is 0.255 e. The number of aliphatic hydroxyl groups excluding tert-OH is 1. The van der Waals surface area contributed by atoms with Crippen LogP contribution in [0.1, 0.15) is 12.8 Å². The third kappa shape index (κ3) is 2.14. The van der Waals surface area contributed by atoms with Crippen molar-refractivity contribution in [3.63, 3.8) is 0 Å². The largest absolute Gasteiger partial charge is 0.441 e. The van der Waals surface area contributed by atoms with E-state index in [0.717, 1.165) is 5.52 Å². The van der Waals surface area contributed by atoms with Crippen LogP contribution in [0, 0.1) is 6.92 Å². The average Bonchev–Trinajstić information content (AvgIpc) is 2.65. The number of benzene rings is 1. The SMILES string of the molecule is Cc1nc2ccc(N(C)C(=O)C(C)O)cc2o1. The van der Waals surface area contributed by atoms with Crippen LogP contribution in [0.25, 0.3) is 11.1 Å². The Kier molecular flexibility index (Phi) is 2.85. The standard InChI is InChI=1S/C12H14N2O3/c1-7(15)12(16)14(3)9-4-5-10-11(6-9)17-8(2)13-10/h4-7,15H,1-3H3. The fraction of sp³-hybridized carbons (Fsp3) is 0.333. The van der Waals surface area contributed by atoms with Gasteiger partial charge in [-0.15, -0.1) is 0 Å². The molecule has 5 heteroatoms. The maximum atomic E-state index is 11.6. The molecule has 90 valence electrons. The smallest absolute Gasteiger partial charge is 0.255 e. The molecule has 0 fully saturated rings. The lowest BCUT2D eigenvalue weighted by Gasteiger charge is -2.18. The number of rotatable bonds is 2. The van der Waals surface area contributed by atoms with Crippen molar-refractivity contribution < 1.29 is 14.3 Å². The molecule has 0 bridgehead atoms. The molecule has 0 saturated carbocycles. The lowest BCUT2D eigenvalue weighted by Crippen LogP contribution is -2.34. The Morgan fingerprint density at radius 2 is 2.24 bits per heavy atom. The number of anilines is 1. The Morgan fingerprint density at radius 3 is 2.88 bits per heavy atom. The predicted molar refractivity (Wildman–Crippen MR) is 63.8 cm³/mol. The Labute approximate surface area is 98.7 Å². The number of aryl methyl sites for hydroxylation is 1. The van der Waals surface area contributed by atoms with Crippen molar-refractivity contribution >= 4 is 22.7 Å². The van der Waals surface area contributed by atoms with Gasteiger partial charge >= 0.3 is 0 Å². The molecule has 2 aromatic rings. The summed E-state index contributed by atoms with van der Waals surface area (Å²) in [5.41, 5.74) is 2.05. The zero-order valence-corrected chi connectivity index (χ0v) is 9.97. The summed E-state index contributed by atoms with van der Waals surface area (Å²) in [6.07, 6.45) is -1.02. The minimum absolute atomic E-state index is 0.361. The number of carbonyl (C=O) groups excluding carboxylic acids is 1. The van der Waals surface area contributed by atoms with Crippen LogP contribution in [0.5, 0.6) is 0 Å². The number of likely N-dealkylation sites (N-methyl/N-ethyl adjacent to an activating group) is 1. The van der Waals surface area contributed by atoms with E-state index in [9.17, 15) is 9.90 Å². The summed E-state index contributed by atoms with van der Waals surface area (Å²) in [6.45, 7) is 3.21. The van der Waals surface area contributed by atoms with Gasteiger partial charge in [0.2, 0.25) is 0 Å². The Bertz CT molecular complexity index is 560. The molecule has 2 rings (SSSR count). The quantitative estimate of drug-likeness (QED) is 0.854. The van der Waals surface area contributed by atoms with Gasteiger partial charge in [0.15, 0.2) is 11.5 Å². The van der Waals surface area contributed by atoms with Crippen molar-refractivity contribution in [2.45, 2.75) is 20.0 Å². The molecule has 0 aliphatic heterocycles. The van der Waals surface area contributed by atoms with Gasteiger partial charge in [-0.05, 0) is 19.1 Å². The molecule has 0 spiro atoms. The van der Waals surface area contributed by atoms with Crippen LogP contribution in [-0.2, 0) is 4.79 Å². The molecule has 0 aliphatic carbocycles. The molecule has 0 radical (unpaired) electrons. The summed E-state index contributed by atoms with van der Waals surface area (Å²) in [5, 5.41) is 9.24. The van der Waals surface area contributed by atoms with Crippen molar-refractivity contribution in [2.24, 2.45) is 0 Å². The summed E-state index contributed by atoms with van der Waals surface area (Å²) in [6, 6.07) is 5.28. The molecule has 0 saturated heterocycles. The molecule has 5 nitrogen and oxygen atoms in total. The van der Waals surface area contributed by atoms with Crippen molar-refractivity contribution in [1.29, 1.82) is 0 Å². The summed E-state index contributed by atoms with van der Waals surface area (Å²) in [4.78, 5) is 17.2. The highest BCUT2D eigenvalue weighted by Crippen LogP contribution is 2.22. The summed E-state index contributed by atoms with van der Waals surface area (Å²) >= 11 is 0. The van der Waals surface area contributed by atoms with Crippen molar-refractivity contribution in [1.82, 2.24) is 4.98 Å². The highest BCUT2D eigenvalue weighted by atomic mass is 16.3. The molecule has 1 aromatic heterocycles. The van der Waals surface area contributed by atoms with E-state index in [4.69, 9.17) is 4.42 Å². The van der Waals surface area contributed by atoms with Gasteiger partial charge in [0, 0.05) is 25.7 Å². The fourth-order valence-electron chi connectivity index (χ4n) is 1.64. The van der Waals surface area contributed by atoms with E-state index in [-0.39, 0.29) is 5.91 Å². The van der Waals surface area contributed by atoms with E-state index >= 15 is 0 Å². The van der Waals surface area contributed by atoms with Gasteiger partial charge in [0.1, 0.15) is 11.6 Å². The summed E-state index contributed by atoms with van der Waals surface area (Å²) in [5.74, 6) is 0.224. The molecule has 1 heterocycles. The van der Waals surface area contributed by atoms with Crippen LogP contribution in [0.2, 0.25) is 0 Å². The monoisotopic (exact) mass is 234 g/mol. The maximum absolute atomic E-state index is 11.6. The van der Waals surface area contributed by atoms with Crippen molar-refractivity contribution in [3.8, 4) is 0 Å². The first-order valence-electron chi connectivity index (χ1n) is 5.32. The predicted octanol–water partition coefficient (Wildman–Crippen LogP) is 1.48. The zero-order chi connectivity index (χ0) is 12.6. The summed E-state index contributed by atoms with van der Waals surface area (Å²) in [7, 11) is 1.61. The Morgan fingerprint density at radius 1 is 1.53 bits per heavy atom. The zero-order valence-electron chi connectivity index (χ0n) is 9.97. The van der Waals surface area contributed by atoms with Gasteiger partial charge in [-0.1, -0.05) is 0 Å². The van der Waals surface area contributed by atoms with Crippen molar-refractivity contribution in [2.75, 3.05) is 11.9 Å². The second-order valence-corrected chi connectivity index (χ2v) is 3.96. The van der Waals surface area contributed by atoms with Crippen LogP contribution < -0.4 is 4.90 Å². The molecule has 1 atom stereocenters. The van der Waals surface area contributed by atoms with E-state index in [2.05, 4.69) is 4.98 Å². The normalized spacial score (nSPS) is 12.7. The van der Waals surface area contributed by atoms with Crippen LogP contribution in [0.3, 0.4) is 0 Å². The number of hydrogen-bond acceptors (Lipinski definition) is 4. The third-order valence-electron chi connectivity index (χ3n) is 2.55. The minimum Gasteiger partial charge on any atom is -0.441 e. The first kappa shape index (κ1) is 11.6. The number of hydrogen-bond donors (Lipinski definition) is 1. The number of carbonyl (C=O) groups is 1. The number of aromatic nitrogens is 1. The van der Waals surface area contributed by atoms with Crippen LogP contribution in [-0.4, -0.2) is 29.1 Å². The average molecular weight is 234 g/mol. The lowest BCUT2D eigenvalue weighted by atomic mass is 10.2. The molecule has 1 N–H and O–H groups in total. The van der Waals surface area contributed by atoms with Crippen LogP contribution in [0.15, 0.2) is 22.6 Å². The Hall–Kier alpha value is -1.88. The Balaban J connectivity index is 2.38. The van der Waals surface area contributed by atoms with E-state index in [0.29, 0.717) is 17.2 Å².